The molecule has 0 saturated heterocycles. The van der Waals surface area contributed by atoms with E-state index in [4.69, 9.17) is 10.5 Å². The molecular weight excluding hydrogens is 296 g/mol. The number of nitrogens with two attached hydrogens (primary N) is 1. The monoisotopic (exact) mass is 320 g/mol. The molecular formula is C21H24N2O. The van der Waals surface area contributed by atoms with E-state index in [2.05, 4.69) is 68.9 Å². The van der Waals surface area contributed by atoms with Gasteiger partial charge in [-0.2, -0.15) is 0 Å². The maximum Gasteiger partial charge on any atom is 0.128 e. The van der Waals surface area contributed by atoms with Crippen LogP contribution >= 0.6 is 0 Å². The Morgan fingerprint density at radius 3 is 2.29 bits per heavy atom. The van der Waals surface area contributed by atoms with Crippen molar-refractivity contribution in [3.8, 4) is 5.75 Å². The smallest absolute Gasteiger partial charge is 0.128 e. The second kappa shape index (κ2) is 5.04. The van der Waals surface area contributed by atoms with E-state index >= 15 is 0 Å². The number of aromatic nitrogens is 1. The van der Waals surface area contributed by atoms with Crippen LogP contribution in [0.3, 0.4) is 0 Å². The number of hydrogen-bond donors (Lipinski definition) is 1. The lowest BCUT2D eigenvalue weighted by Gasteiger charge is -2.25. The van der Waals surface area contributed by atoms with Gasteiger partial charge in [0.25, 0.3) is 0 Å². The standard InChI is InChI=1S/C21H24N2O/c1-13-14(2)20-18(15(3)19(13)22)9-21(4,24-20)12-23-10-16-7-5-6-8-17(16)11-23/h5-8,10-11H,9,12,22H2,1-4H3. The fourth-order valence-electron chi connectivity index (χ4n) is 3.93. The summed E-state index contributed by atoms with van der Waals surface area (Å²) in [5.41, 5.74) is 11.7. The van der Waals surface area contributed by atoms with Crippen LogP contribution in [0.1, 0.15) is 29.2 Å². The molecule has 1 unspecified atom stereocenters. The van der Waals surface area contributed by atoms with Gasteiger partial charge in [-0.15, -0.1) is 0 Å². The van der Waals surface area contributed by atoms with Crippen molar-refractivity contribution in [2.24, 2.45) is 0 Å². The van der Waals surface area contributed by atoms with E-state index in [1.165, 1.54) is 27.5 Å². The summed E-state index contributed by atoms with van der Waals surface area (Å²) < 4.78 is 8.71. The minimum absolute atomic E-state index is 0.243. The topological polar surface area (TPSA) is 40.2 Å². The van der Waals surface area contributed by atoms with Crippen LogP contribution in [0.15, 0.2) is 36.7 Å². The predicted molar refractivity (Wildman–Crippen MR) is 99.7 cm³/mol. The van der Waals surface area contributed by atoms with Gasteiger partial charge in [-0.3, -0.25) is 0 Å². The van der Waals surface area contributed by atoms with Crippen molar-refractivity contribution in [1.29, 1.82) is 0 Å². The van der Waals surface area contributed by atoms with Crippen LogP contribution in [0.5, 0.6) is 5.75 Å². The first kappa shape index (κ1) is 15.1. The zero-order valence-corrected chi connectivity index (χ0v) is 14.8. The molecule has 1 aromatic heterocycles. The zero-order valence-electron chi connectivity index (χ0n) is 14.8. The molecule has 1 atom stereocenters. The van der Waals surface area contributed by atoms with Crippen molar-refractivity contribution < 1.29 is 4.74 Å². The quantitative estimate of drug-likeness (QED) is 0.704. The third-order valence-corrected chi connectivity index (χ3v) is 5.46. The minimum atomic E-state index is -0.243. The number of nitrogen functional groups attached to an aromatic ring is 1. The molecule has 2 aromatic carbocycles. The molecule has 0 spiro atoms. The highest BCUT2D eigenvalue weighted by atomic mass is 16.5. The normalized spacial score (nSPS) is 19.5. The van der Waals surface area contributed by atoms with E-state index in [9.17, 15) is 0 Å². The summed E-state index contributed by atoms with van der Waals surface area (Å²) in [5.74, 6) is 1.04. The van der Waals surface area contributed by atoms with Gasteiger partial charge in [0.15, 0.2) is 0 Å². The van der Waals surface area contributed by atoms with Gasteiger partial charge in [-0.25, -0.2) is 0 Å². The average Bonchev–Trinajstić information content (AvgIpc) is 3.11. The Labute approximate surface area is 143 Å². The number of hydrogen-bond acceptors (Lipinski definition) is 2. The fourth-order valence-corrected chi connectivity index (χ4v) is 3.93. The number of rotatable bonds is 2. The Balaban J connectivity index is 1.70. The minimum Gasteiger partial charge on any atom is -0.485 e. The van der Waals surface area contributed by atoms with E-state index < -0.39 is 0 Å². The lowest BCUT2D eigenvalue weighted by Crippen LogP contribution is -2.35. The van der Waals surface area contributed by atoms with Crippen LogP contribution in [0, 0.1) is 20.8 Å². The third kappa shape index (κ3) is 2.19. The van der Waals surface area contributed by atoms with Crippen LogP contribution in [0.4, 0.5) is 5.69 Å². The summed E-state index contributed by atoms with van der Waals surface area (Å²) in [7, 11) is 0. The van der Waals surface area contributed by atoms with Crippen molar-refractivity contribution in [3.05, 3.63) is 58.9 Å². The van der Waals surface area contributed by atoms with Gasteiger partial charge in [-0.05, 0) is 55.2 Å². The van der Waals surface area contributed by atoms with Crippen LogP contribution in [0.2, 0.25) is 0 Å². The van der Waals surface area contributed by atoms with Crippen molar-refractivity contribution in [1.82, 2.24) is 4.57 Å². The molecule has 2 heterocycles. The first-order chi connectivity index (χ1) is 11.4. The molecule has 3 nitrogen and oxygen atoms in total. The third-order valence-electron chi connectivity index (χ3n) is 5.46. The first-order valence-corrected chi connectivity index (χ1v) is 8.49. The number of anilines is 1. The van der Waals surface area contributed by atoms with Gasteiger partial charge >= 0.3 is 0 Å². The SMILES string of the molecule is Cc1c(C)c2c(c(C)c1N)CC(C)(Cn1cc3ccccc3c1)O2. The molecule has 3 aromatic rings. The molecule has 2 N–H and O–H groups in total. The molecule has 24 heavy (non-hydrogen) atoms. The molecule has 3 heteroatoms. The van der Waals surface area contributed by atoms with E-state index in [1.54, 1.807) is 0 Å². The second-order valence-corrected chi connectivity index (χ2v) is 7.38. The number of benzene rings is 2. The van der Waals surface area contributed by atoms with E-state index in [1.807, 2.05) is 0 Å². The molecule has 0 fully saturated rings. The first-order valence-electron chi connectivity index (χ1n) is 8.49. The van der Waals surface area contributed by atoms with Crippen LogP contribution in [-0.4, -0.2) is 10.2 Å². The van der Waals surface area contributed by atoms with Crippen LogP contribution in [-0.2, 0) is 13.0 Å². The van der Waals surface area contributed by atoms with Gasteiger partial charge in [-0.1, -0.05) is 24.3 Å². The Hall–Kier alpha value is -2.42. The maximum atomic E-state index is 6.47. The number of nitrogens with zero attached hydrogens (tertiary/aromatic N) is 1. The second-order valence-electron chi connectivity index (χ2n) is 7.38. The summed E-state index contributed by atoms with van der Waals surface area (Å²) >= 11 is 0. The van der Waals surface area contributed by atoms with E-state index in [-0.39, 0.29) is 5.60 Å². The van der Waals surface area contributed by atoms with Crippen LogP contribution in [0.25, 0.3) is 10.8 Å². The van der Waals surface area contributed by atoms with Crippen molar-refractivity contribution in [2.45, 2.75) is 46.3 Å². The number of ether oxygens (including phenoxy) is 1. The Bertz CT molecular complexity index is 882. The zero-order chi connectivity index (χ0) is 17.1. The Kier molecular flexibility index (Phi) is 3.17. The Morgan fingerprint density at radius 2 is 1.67 bits per heavy atom. The molecule has 1 aliphatic heterocycles. The van der Waals surface area contributed by atoms with E-state index in [0.29, 0.717) is 0 Å². The molecule has 0 saturated carbocycles. The summed E-state index contributed by atoms with van der Waals surface area (Å²) in [4.78, 5) is 0. The average molecular weight is 320 g/mol. The molecule has 0 amide bonds. The molecule has 0 radical (unpaired) electrons. The lowest BCUT2D eigenvalue weighted by molar-refractivity contribution is 0.0946. The summed E-state index contributed by atoms with van der Waals surface area (Å²) in [6.07, 6.45) is 5.30. The number of fused-ring (bicyclic) bond motifs is 2. The van der Waals surface area contributed by atoms with Gasteiger partial charge < -0.3 is 15.0 Å². The molecule has 0 aliphatic carbocycles. The van der Waals surface area contributed by atoms with Crippen LogP contribution < -0.4 is 10.5 Å². The van der Waals surface area contributed by atoms with Crippen molar-refractivity contribution >= 4 is 16.5 Å². The van der Waals surface area contributed by atoms with Gasteiger partial charge in [0.2, 0.25) is 0 Å². The van der Waals surface area contributed by atoms with Gasteiger partial charge in [0, 0.05) is 30.1 Å². The van der Waals surface area contributed by atoms with E-state index in [0.717, 1.165) is 30.0 Å². The molecule has 0 bridgehead atoms. The maximum absolute atomic E-state index is 6.47. The van der Waals surface area contributed by atoms with Crippen molar-refractivity contribution in [2.75, 3.05) is 5.73 Å². The van der Waals surface area contributed by atoms with Gasteiger partial charge in [0.05, 0.1) is 6.54 Å². The van der Waals surface area contributed by atoms with Gasteiger partial charge in [0.1, 0.15) is 11.4 Å². The lowest BCUT2D eigenvalue weighted by atomic mass is 9.92. The molecule has 124 valence electrons. The largest absolute Gasteiger partial charge is 0.485 e. The fraction of sp³-hybridized carbons (Fsp3) is 0.333. The predicted octanol–water partition coefficient (Wildman–Crippen LogP) is 4.54. The molecule has 4 rings (SSSR count). The highest BCUT2D eigenvalue weighted by Gasteiger charge is 2.38. The summed E-state index contributed by atoms with van der Waals surface area (Å²) in [6.45, 7) is 9.32. The highest BCUT2D eigenvalue weighted by molar-refractivity contribution is 5.82. The summed E-state index contributed by atoms with van der Waals surface area (Å²) in [6, 6.07) is 8.46. The summed E-state index contributed by atoms with van der Waals surface area (Å²) in [5, 5.41) is 2.54. The molecule has 1 aliphatic rings. The Morgan fingerprint density at radius 1 is 1.04 bits per heavy atom. The van der Waals surface area contributed by atoms with Crippen molar-refractivity contribution in [3.63, 3.8) is 0 Å². The highest BCUT2D eigenvalue weighted by Crippen LogP contribution is 2.44.